The molecule has 0 unspecified atom stereocenters. The van der Waals surface area contributed by atoms with Gasteiger partial charge in [0, 0.05) is 34.1 Å². The fourth-order valence-electron chi connectivity index (χ4n) is 2.24. The van der Waals surface area contributed by atoms with Crippen LogP contribution in [0.15, 0.2) is 61.6 Å². The van der Waals surface area contributed by atoms with Crippen molar-refractivity contribution in [3.8, 4) is 0 Å². The van der Waals surface area contributed by atoms with Gasteiger partial charge in [0.05, 0.1) is 0 Å². The minimum atomic E-state index is -0.365. The summed E-state index contributed by atoms with van der Waals surface area (Å²) in [4.78, 5) is 20.2. The zero-order valence-electron chi connectivity index (χ0n) is 11.6. The summed E-state index contributed by atoms with van der Waals surface area (Å²) in [5.41, 5.74) is 1.09. The van der Waals surface area contributed by atoms with E-state index < -0.39 is 0 Å². The van der Waals surface area contributed by atoms with E-state index >= 15 is 0 Å². The van der Waals surface area contributed by atoms with Crippen LogP contribution in [0.1, 0.15) is 5.56 Å². The van der Waals surface area contributed by atoms with Gasteiger partial charge in [0.15, 0.2) is 0 Å². The zero-order chi connectivity index (χ0) is 15.8. The Morgan fingerprint density at radius 2 is 2.22 bits per heavy atom. The molecule has 4 rings (SSSR count). The molecule has 0 aliphatic heterocycles. The third kappa shape index (κ3) is 2.87. The summed E-state index contributed by atoms with van der Waals surface area (Å²) in [5.74, 6) is 1.12. The third-order valence-electron chi connectivity index (χ3n) is 3.25. The number of hydrogen-bond acceptors (Lipinski definition) is 6. The average molecular weight is 389 g/mol. The largest absolute Gasteiger partial charge is 0.423 e. The molecule has 0 spiro atoms. The summed E-state index contributed by atoms with van der Waals surface area (Å²) in [6.07, 6.45) is 3.47. The molecule has 0 amide bonds. The molecule has 6 nitrogen and oxygen atoms in total. The molecular formula is C15H9BrN4O2S. The highest BCUT2D eigenvalue weighted by atomic mass is 79.9. The molecule has 3 aromatic heterocycles. The monoisotopic (exact) mass is 388 g/mol. The first-order chi connectivity index (χ1) is 11.2. The van der Waals surface area contributed by atoms with E-state index in [9.17, 15) is 4.79 Å². The molecule has 0 saturated carbocycles. The highest BCUT2D eigenvalue weighted by Crippen LogP contribution is 2.26. The van der Waals surface area contributed by atoms with E-state index in [0.717, 1.165) is 15.4 Å². The Morgan fingerprint density at radius 1 is 1.30 bits per heavy atom. The molecule has 114 valence electrons. The Hall–Kier alpha value is -2.19. The minimum Gasteiger partial charge on any atom is -0.423 e. The third-order valence-corrected chi connectivity index (χ3v) is 4.63. The molecule has 0 bridgehead atoms. The maximum absolute atomic E-state index is 11.7. The lowest BCUT2D eigenvalue weighted by Gasteiger charge is -2.04. The van der Waals surface area contributed by atoms with Crippen molar-refractivity contribution in [3.63, 3.8) is 0 Å². The van der Waals surface area contributed by atoms with E-state index in [-0.39, 0.29) is 5.63 Å². The molecule has 23 heavy (non-hydrogen) atoms. The number of aromatic nitrogens is 4. The Morgan fingerprint density at radius 3 is 3.09 bits per heavy atom. The molecule has 0 saturated heterocycles. The average Bonchev–Trinajstić information content (AvgIpc) is 2.94. The fraction of sp³-hybridized carbons (Fsp3) is 0.0667. The maximum atomic E-state index is 11.7. The van der Waals surface area contributed by atoms with Crippen molar-refractivity contribution in [2.75, 3.05) is 0 Å². The first-order valence-electron chi connectivity index (χ1n) is 6.71. The van der Waals surface area contributed by atoms with Crippen molar-refractivity contribution in [2.24, 2.45) is 0 Å². The predicted molar refractivity (Wildman–Crippen MR) is 90.5 cm³/mol. The maximum Gasteiger partial charge on any atom is 0.336 e. The first-order valence-corrected chi connectivity index (χ1v) is 8.49. The van der Waals surface area contributed by atoms with Gasteiger partial charge in [-0.1, -0.05) is 27.7 Å². The Balaban J connectivity index is 1.68. The van der Waals surface area contributed by atoms with Crippen LogP contribution in [-0.4, -0.2) is 19.6 Å². The Labute approximate surface area is 142 Å². The molecule has 0 radical (unpaired) electrons. The normalized spacial score (nSPS) is 11.3. The van der Waals surface area contributed by atoms with Crippen LogP contribution in [0, 0.1) is 0 Å². The van der Waals surface area contributed by atoms with Crippen LogP contribution in [0.4, 0.5) is 0 Å². The van der Waals surface area contributed by atoms with Crippen molar-refractivity contribution in [1.29, 1.82) is 0 Å². The number of nitrogens with zero attached hydrogens (tertiary/aromatic N) is 4. The van der Waals surface area contributed by atoms with Crippen LogP contribution in [0.3, 0.4) is 0 Å². The fourth-order valence-corrected chi connectivity index (χ4v) is 3.40. The first kappa shape index (κ1) is 14.4. The highest BCUT2D eigenvalue weighted by Gasteiger charge is 2.09. The van der Waals surface area contributed by atoms with E-state index in [1.54, 1.807) is 29.0 Å². The molecule has 4 aromatic rings. The number of benzene rings is 1. The molecule has 8 heteroatoms. The Kier molecular flexibility index (Phi) is 3.62. The number of halogens is 1. The van der Waals surface area contributed by atoms with Gasteiger partial charge in [-0.3, -0.25) is 0 Å². The van der Waals surface area contributed by atoms with E-state index in [1.165, 1.54) is 17.8 Å². The number of hydrogen-bond donors (Lipinski definition) is 0. The van der Waals surface area contributed by atoms with Crippen molar-refractivity contribution in [3.05, 3.63) is 63.2 Å². The van der Waals surface area contributed by atoms with Crippen LogP contribution in [0.5, 0.6) is 0 Å². The zero-order valence-corrected chi connectivity index (χ0v) is 14.0. The van der Waals surface area contributed by atoms with E-state index in [1.807, 2.05) is 12.1 Å². The van der Waals surface area contributed by atoms with Gasteiger partial charge in [0.1, 0.15) is 5.58 Å². The van der Waals surface area contributed by atoms with Gasteiger partial charge < -0.3 is 4.42 Å². The second-order valence-corrected chi connectivity index (χ2v) is 6.64. The summed E-state index contributed by atoms with van der Waals surface area (Å²) in [5, 5.41) is 5.86. The lowest BCUT2D eigenvalue weighted by Crippen LogP contribution is -2.00. The standard InChI is InChI=1S/C15H9BrN4O2S/c16-10-2-3-11-9(6-13(21)22-12(11)7-10)8-23-15-18-14-17-4-1-5-20(14)19-15/h1-7H,8H2. The number of rotatable bonds is 3. The predicted octanol–water partition coefficient (Wildman–Crippen LogP) is 3.29. The van der Waals surface area contributed by atoms with Crippen molar-refractivity contribution in [1.82, 2.24) is 19.6 Å². The molecular weight excluding hydrogens is 380 g/mol. The smallest absolute Gasteiger partial charge is 0.336 e. The highest BCUT2D eigenvalue weighted by molar-refractivity contribution is 9.10. The molecule has 0 N–H and O–H groups in total. The van der Waals surface area contributed by atoms with E-state index in [4.69, 9.17) is 4.42 Å². The second-order valence-electron chi connectivity index (χ2n) is 4.78. The molecule has 0 fully saturated rings. The summed E-state index contributed by atoms with van der Waals surface area (Å²) in [6, 6.07) is 8.94. The van der Waals surface area contributed by atoms with E-state index in [0.29, 0.717) is 22.3 Å². The van der Waals surface area contributed by atoms with Gasteiger partial charge >= 0.3 is 5.63 Å². The van der Waals surface area contributed by atoms with E-state index in [2.05, 4.69) is 31.0 Å². The topological polar surface area (TPSA) is 73.3 Å². The van der Waals surface area contributed by atoms with Gasteiger partial charge in [-0.05, 0) is 29.8 Å². The molecule has 0 atom stereocenters. The van der Waals surface area contributed by atoms with Crippen LogP contribution in [-0.2, 0) is 5.75 Å². The number of thioether (sulfide) groups is 1. The lowest BCUT2D eigenvalue weighted by atomic mass is 10.1. The number of fused-ring (bicyclic) bond motifs is 2. The van der Waals surface area contributed by atoms with Gasteiger partial charge in [0.25, 0.3) is 5.78 Å². The molecule has 3 heterocycles. The molecule has 0 aliphatic carbocycles. The van der Waals surface area contributed by atoms with Crippen LogP contribution in [0.2, 0.25) is 0 Å². The van der Waals surface area contributed by atoms with Gasteiger partial charge in [-0.15, -0.1) is 5.10 Å². The molecule has 0 aliphatic rings. The summed E-state index contributed by atoms with van der Waals surface area (Å²) < 4.78 is 7.73. The van der Waals surface area contributed by atoms with Gasteiger partial charge in [-0.2, -0.15) is 4.98 Å². The van der Waals surface area contributed by atoms with Gasteiger partial charge in [-0.25, -0.2) is 14.3 Å². The summed E-state index contributed by atoms with van der Waals surface area (Å²) >= 11 is 4.83. The second kappa shape index (κ2) is 5.78. The van der Waals surface area contributed by atoms with Crippen LogP contribution in [0.25, 0.3) is 16.7 Å². The van der Waals surface area contributed by atoms with Crippen molar-refractivity contribution in [2.45, 2.75) is 10.9 Å². The SMILES string of the molecule is O=c1cc(CSc2nc3ncccn3n2)c2ccc(Br)cc2o1. The Bertz CT molecular complexity index is 1040. The summed E-state index contributed by atoms with van der Waals surface area (Å²) in [7, 11) is 0. The van der Waals surface area contributed by atoms with Crippen molar-refractivity contribution >= 4 is 44.4 Å². The van der Waals surface area contributed by atoms with Crippen LogP contribution >= 0.6 is 27.7 Å². The quantitative estimate of drug-likeness (QED) is 0.396. The molecule has 1 aromatic carbocycles. The van der Waals surface area contributed by atoms with Gasteiger partial charge in [0.2, 0.25) is 5.16 Å². The minimum absolute atomic E-state index is 0.365. The van der Waals surface area contributed by atoms with Crippen LogP contribution < -0.4 is 5.63 Å². The summed E-state index contributed by atoms with van der Waals surface area (Å²) in [6.45, 7) is 0. The van der Waals surface area contributed by atoms with Crippen molar-refractivity contribution < 1.29 is 4.42 Å². The lowest BCUT2D eigenvalue weighted by molar-refractivity contribution is 0.559.